The van der Waals surface area contributed by atoms with E-state index >= 15 is 0 Å². The van der Waals surface area contributed by atoms with Crippen LogP contribution in [0.2, 0.25) is 5.02 Å². The standard InChI is InChI=1S/C26H27ClFN5S/c1-29-21-9-10-25-24(16-21)31-26(33(25)34)17-32-13-11-19(12-14-32)23(30-2)6-4-3-5-18-7-8-20(27)15-22(18)28/h3-4,6-11,15-16,29,34H,2,5,12-14,17H2,1H3/b4-3-,23-6-. The van der Waals surface area contributed by atoms with Gasteiger partial charge in [0, 0.05) is 30.8 Å². The average Bonchev–Trinajstić information content (AvgIpc) is 3.15. The van der Waals surface area contributed by atoms with E-state index in [0.717, 1.165) is 53.3 Å². The number of nitrogens with zero attached hydrogens (tertiary/aromatic N) is 4. The number of thiol groups is 1. The van der Waals surface area contributed by atoms with E-state index in [9.17, 15) is 4.39 Å². The summed E-state index contributed by atoms with van der Waals surface area (Å²) in [6.45, 7) is 6.11. The van der Waals surface area contributed by atoms with E-state index in [1.54, 1.807) is 12.1 Å². The van der Waals surface area contributed by atoms with Gasteiger partial charge in [0.05, 0.1) is 23.3 Å². The first-order valence-electron chi connectivity index (χ1n) is 11.1. The normalized spacial score (nSPS) is 15.2. The quantitative estimate of drug-likeness (QED) is 0.226. The molecule has 5 nitrogen and oxygen atoms in total. The lowest BCUT2D eigenvalue weighted by Crippen LogP contribution is -2.29. The monoisotopic (exact) mass is 495 g/mol. The van der Waals surface area contributed by atoms with Crippen LogP contribution < -0.4 is 5.32 Å². The van der Waals surface area contributed by atoms with Gasteiger partial charge in [-0.3, -0.25) is 13.9 Å². The number of hydrogen-bond acceptors (Lipinski definition) is 5. The summed E-state index contributed by atoms with van der Waals surface area (Å²) in [4.78, 5) is 11.3. The predicted molar refractivity (Wildman–Crippen MR) is 144 cm³/mol. The number of fused-ring (bicyclic) bond motifs is 1. The molecule has 0 bridgehead atoms. The lowest BCUT2D eigenvalue weighted by molar-refractivity contribution is 0.280. The van der Waals surface area contributed by atoms with Crippen molar-refractivity contribution in [1.29, 1.82) is 0 Å². The van der Waals surface area contributed by atoms with Crippen molar-refractivity contribution in [3.05, 3.63) is 94.2 Å². The molecule has 0 saturated heterocycles. The largest absolute Gasteiger partial charge is 0.388 e. The lowest BCUT2D eigenvalue weighted by Gasteiger charge is -2.25. The molecule has 0 fully saturated rings. The Morgan fingerprint density at radius 3 is 2.88 bits per heavy atom. The first-order valence-corrected chi connectivity index (χ1v) is 11.8. The molecule has 2 heterocycles. The number of aliphatic imine (C=N–C) groups is 1. The van der Waals surface area contributed by atoms with Gasteiger partial charge < -0.3 is 5.32 Å². The molecule has 1 N–H and O–H groups in total. The Hall–Kier alpha value is -2.87. The van der Waals surface area contributed by atoms with E-state index in [1.807, 2.05) is 47.4 Å². The van der Waals surface area contributed by atoms with Gasteiger partial charge in [-0.15, -0.1) is 0 Å². The Labute approximate surface area is 209 Å². The fraction of sp³-hybridized carbons (Fsp3) is 0.231. The number of anilines is 1. The molecule has 1 aromatic heterocycles. The minimum Gasteiger partial charge on any atom is -0.388 e. The van der Waals surface area contributed by atoms with Crippen molar-refractivity contribution in [3.8, 4) is 0 Å². The van der Waals surface area contributed by atoms with Gasteiger partial charge in [-0.05, 0) is 67.1 Å². The molecule has 0 radical (unpaired) electrons. The minimum atomic E-state index is -0.296. The Bertz CT molecular complexity index is 1290. The van der Waals surface area contributed by atoms with Crippen molar-refractivity contribution < 1.29 is 4.39 Å². The maximum atomic E-state index is 13.9. The lowest BCUT2D eigenvalue weighted by atomic mass is 10.0. The number of allylic oxidation sites excluding steroid dienone is 4. The van der Waals surface area contributed by atoms with Crippen LogP contribution in [-0.4, -0.2) is 40.7 Å². The van der Waals surface area contributed by atoms with E-state index in [0.29, 0.717) is 23.6 Å². The summed E-state index contributed by atoms with van der Waals surface area (Å²) in [5, 5.41) is 3.54. The molecular weight excluding hydrogens is 469 g/mol. The van der Waals surface area contributed by atoms with Crippen LogP contribution in [0.1, 0.15) is 17.8 Å². The Morgan fingerprint density at radius 1 is 1.32 bits per heavy atom. The van der Waals surface area contributed by atoms with Crippen molar-refractivity contribution >= 4 is 47.9 Å². The van der Waals surface area contributed by atoms with Crippen molar-refractivity contribution in [2.45, 2.75) is 19.4 Å². The number of rotatable bonds is 8. The van der Waals surface area contributed by atoms with E-state index in [4.69, 9.17) is 16.6 Å². The highest BCUT2D eigenvalue weighted by Gasteiger charge is 2.17. The Morgan fingerprint density at radius 2 is 2.18 bits per heavy atom. The zero-order valence-electron chi connectivity index (χ0n) is 19.0. The molecule has 3 aromatic rings. The van der Waals surface area contributed by atoms with Gasteiger partial charge in [-0.25, -0.2) is 9.37 Å². The maximum absolute atomic E-state index is 13.9. The van der Waals surface area contributed by atoms with Crippen LogP contribution in [0.15, 0.2) is 77.0 Å². The van der Waals surface area contributed by atoms with Crippen LogP contribution in [-0.2, 0) is 13.0 Å². The Kier molecular flexibility index (Phi) is 7.88. The first-order chi connectivity index (χ1) is 16.5. The van der Waals surface area contributed by atoms with Crippen LogP contribution >= 0.6 is 24.4 Å². The van der Waals surface area contributed by atoms with E-state index in [-0.39, 0.29) is 5.82 Å². The number of benzene rings is 2. The van der Waals surface area contributed by atoms with Gasteiger partial charge in [0.1, 0.15) is 11.6 Å². The zero-order valence-corrected chi connectivity index (χ0v) is 20.7. The summed E-state index contributed by atoms with van der Waals surface area (Å²) in [5.41, 5.74) is 5.56. The summed E-state index contributed by atoms with van der Waals surface area (Å²) < 4.78 is 15.8. The predicted octanol–water partition coefficient (Wildman–Crippen LogP) is 6.08. The third-order valence-corrected chi connectivity index (χ3v) is 6.57. The summed E-state index contributed by atoms with van der Waals surface area (Å²) in [5.74, 6) is 0.619. The average molecular weight is 496 g/mol. The SMILES string of the molecule is C=N/C(=C\C=C/Cc1ccc(Cl)cc1F)C1=CCN(Cc2nc3cc(NC)ccc3n2S)CC1. The molecule has 0 unspecified atom stereocenters. The molecule has 0 saturated carbocycles. The number of aromatic nitrogens is 2. The molecule has 1 aliphatic rings. The van der Waals surface area contributed by atoms with Crippen LogP contribution in [0, 0.1) is 5.82 Å². The summed E-state index contributed by atoms with van der Waals surface area (Å²) in [6, 6.07) is 10.8. The Balaban J connectivity index is 1.38. The molecule has 8 heteroatoms. The highest BCUT2D eigenvalue weighted by Crippen LogP contribution is 2.25. The molecule has 4 rings (SSSR count). The van der Waals surface area contributed by atoms with Gasteiger partial charge in [0.15, 0.2) is 0 Å². The van der Waals surface area contributed by atoms with Crippen molar-refractivity contribution in [2.24, 2.45) is 4.99 Å². The van der Waals surface area contributed by atoms with E-state index in [2.05, 4.69) is 40.8 Å². The van der Waals surface area contributed by atoms with Gasteiger partial charge in [0.2, 0.25) is 0 Å². The smallest absolute Gasteiger partial charge is 0.134 e. The summed E-state index contributed by atoms with van der Waals surface area (Å²) in [7, 11) is 1.90. The molecule has 0 atom stereocenters. The second kappa shape index (κ2) is 11.0. The minimum absolute atomic E-state index is 0.296. The van der Waals surface area contributed by atoms with Crippen molar-refractivity contribution in [3.63, 3.8) is 0 Å². The maximum Gasteiger partial charge on any atom is 0.134 e. The van der Waals surface area contributed by atoms with Crippen LogP contribution in [0.25, 0.3) is 11.0 Å². The topological polar surface area (TPSA) is 45.5 Å². The highest BCUT2D eigenvalue weighted by molar-refractivity contribution is 7.78. The molecule has 1 aliphatic heterocycles. The highest BCUT2D eigenvalue weighted by atomic mass is 35.5. The number of imidazole rings is 1. The molecule has 2 aromatic carbocycles. The fourth-order valence-electron chi connectivity index (χ4n) is 3.97. The molecule has 34 heavy (non-hydrogen) atoms. The molecule has 176 valence electrons. The zero-order chi connectivity index (χ0) is 24.1. The number of hydrogen-bond donors (Lipinski definition) is 2. The molecule has 0 amide bonds. The van der Waals surface area contributed by atoms with Gasteiger partial charge in [-0.1, -0.05) is 48.7 Å². The second-order valence-electron chi connectivity index (χ2n) is 8.09. The number of nitrogens with one attached hydrogen (secondary N) is 1. The van der Waals surface area contributed by atoms with Gasteiger partial charge in [-0.2, -0.15) is 0 Å². The molecular formula is C26H27ClFN5S. The fourth-order valence-corrected chi connectivity index (χ4v) is 4.40. The van der Waals surface area contributed by atoms with Gasteiger partial charge >= 0.3 is 0 Å². The van der Waals surface area contributed by atoms with Crippen LogP contribution in [0.3, 0.4) is 0 Å². The molecule has 0 aliphatic carbocycles. The van der Waals surface area contributed by atoms with E-state index in [1.165, 1.54) is 6.07 Å². The third kappa shape index (κ3) is 5.60. The van der Waals surface area contributed by atoms with Crippen LogP contribution in [0.5, 0.6) is 0 Å². The van der Waals surface area contributed by atoms with E-state index < -0.39 is 0 Å². The first kappa shape index (κ1) is 24.3. The third-order valence-electron chi connectivity index (χ3n) is 5.89. The van der Waals surface area contributed by atoms with Crippen LogP contribution in [0.4, 0.5) is 10.1 Å². The summed E-state index contributed by atoms with van der Waals surface area (Å²) >= 11 is 10.5. The molecule has 0 spiro atoms. The summed E-state index contributed by atoms with van der Waals surface area (Å²) in [6.07, 6.45) is 9.26. The van der Waals surface area contributed by atoms with Gasteiger partial charge in [0.25, 0.3) is 0 Å². The second-order valence-corrected chi connectivity index (χ2v) is 8.92. The van der Waals surface area contributed by atoms with Crippen molar-refractivity contribution in [1.82, 2.24) is 13.9 Å². The number of halogens is 2. The van der Waals surface area contributed by atoms with Crippen molar-refractivity contribution in [2.75, 3.05) is 25.5 Å².